The number of hydrogen-bond acceptors (Lipinski definition) is 4. The van der Waals surface area contributed by atoms with Gasteiger partial charge in [-0.05, 0) is 31.5 Å². The number of hydrogen-bond donors (Lipinski definition) is 3. The highest BCUT2D eigenvalue weighted by atomic mass is 16.5. The van der Waals surface area contributed by atoms with Gasteiger partial charge in [0.05, 0.1) is 30.1 Å². The Balaban J connectivity index is 2.02. The molecule has 0 radical (unpaired) electrons. The van der Waals surface area contributed by atoms with E-state index >= 15 is 0 Å². The first kappa shape index (κ1) is 13.7. The summed E-state index contributed by atoms with van der Waals surface area (Å²) < 4.78 is 5.19. The standard InChI is InChI=1S/C14H21N3O2/c1-3-4-13(18)16-10-5-6-12(11(15)7-10)17-14(2)8-19-9-14/h5-7,17H,3-4,8-9,15H2,1-2H3,(H,16,18). The zero-order chi connectivity index (χ0) is 13.9. The molecular weight excluding hydrogens is 242 g/mol. The molecule has 1 aliphatic rings. The normalized spacial score (nSPS) is 16.5. The van der Waals surface area contributed by atoms with Crippen LogP contribution in [-0.4, -0.2) is 24.7 Å². The number of carbonyl (C=O) groups is 1. The molecule has 1 fully saturated rings. The number of amides is 1. The maximum Gasteiger partial charge on any atom is 0.224 e. The number of anilines is 3. The Bertz CT molecular complexity index is 470. The summed E-state index contributed by atoms with van der Waals surface area (Å²) in [4.78, 5) is 11.5. The van der Waals surface area contributed by atoms with Crippen LogP contribution in [0.5, 0.6) is 0 Å². The third-order valence-corrected chi connectivity index (χ3v) is 3.09. The summed E-state index contributed by atoms with van der Waals surface area (Å²) >= 11 is 0. The van der Waals surface area contributed by atoms with Crippen LogP contribution in [0.2, 0.25) is 0 Å². The number of nitrogen functional groups attached to an aromatic ring is 1. The number of ether oxygens (including phenoxy) is 1. The fourth-order valence-electron chi connectivity index (χ4n) is 2.01. The van der Waals surface area contributed by atoms with Gasteiger partial charge in [0.2, 0.25) is 5.91 Å². The van der Waals surface area contributed by atoms with Gasteiger partial charge in [-0.15, -0.1) is 0 Å². The third-order valence-electron chi connectivity index (χ3n) is 3.09. The highest BCUT2D eigenvalue weighted by Crippen LogP contribution is 2.28. The number of nitrogens with one attached hydrogen (secondary N) is 2. The summed E-state index contributed by atoms with van der Waals surface area (Å²) in [5.74, 6) is 0.0157. The lowest BCUT2D eigenvalue weighted by molar-refractivity contribution is -0.116. The summed E-state index contributed by atoms with van der Waals surface area (Å²) in [5.41, 5.74) is 8.20. The molecule has 0 unspecified atom stereocenters. The van der Waals surface area contributed by atoms with Crippen molar-refractivity contribution in [2.75, 3.05) is 29.6 Å². The number of rotatable bonds is 5. The highest BCUT2D eigenvalue weighted by Gasteiger charge is 2.33. The molecule has 1 aromatic rings. The molecule has 1 amide bonds. The van der Waals surface area contributed by atoms with Crippen LogP contribution >= 0.6 is 0 Å². The molecule has 5 heteroatoms. The minimum absolute atomic E-state index is 0.0157. The Kier molecular flexibility index (Phi) is 3.95. The van der Waals surface area contributed by atoms with E-state index in [1.165, 1.54) is 0 Å². The van der Waals surface area contributed by atoms with E-state index in [0.717, 1.165) is 17.8 Å². The largest absolute Gasteiger partial charge is 0.397 e. The molecule has 0 bridgehead atoms. The topological polar surface area (TPSA) is 76.4 Å². The Morgan fingerprint density at radius 2 is 2.21 bits per heavy atom. The van der Waals surface area contributed by atoms with Crippen molar-refractivity contribution in [2.24, 2.45) is 0 Å². The van der Waals surface area contributed by atoms with Crippen LogP contribution in [0.3, 0.4) is 0 Å². The van der Waals surface area contributed by atoms with Crippen molar-refractivity contribution in [3.63, 3.8) is 0 Å². The van der Waals surface area contributed by atoms with E-state index in [1.54, 1.807) is 6.07 Å². The molecule has 19 heavy (non-hydrogen) atoms. The molecule has 104 valence electrons. The molecular formula is C14H21N3O2. The van der Waals surface area contributed by atoms with E-state index in [0.29, 0.717) is 25.3 Å². The van der Waals surface area contributed by atoms with E-state index < -0.39 is 0 Å². The predicted octanol–water partition coefficient (Wildman–Crippen LogP) is 2.21. The first-order valence-electron chi connectivity index (χ1n) is 6.58. The first-order chi connectivity index (χ1) is 9.02. The quantitative estimate of drug-likeness (QED) is 0.712. The van der Waals surface area contributed by atoms with E-state index in [2.05, 4.69) is 17.6 Å². The van der Waals surface area contributed by atoms with E-state index in [1.807, 2.05) is 19.1 Å². The van der Waals surface area contributed by atoms with Gasteiger partial charge in [0, 0.05) is 12.1 Å². The highest BCUT2D eigenvalue weighted by molar-refractivity contribution is 5.91. The van der Waals surface area contributed by atoms with Crippen molar-refractivity contribution in [2.45, 2.75) is 32.2 Å². The van der Waals surface area contributed by atoms with Gasteiger partial charge in [0.25, 0.3) is 0 Å². The monoisotopic (exact) mass is 263 g/mol. The van der Waals surface area contributed by atoms with Crippen LogP contribution in [0, 0.1) is 0 Å². The van der Waals surface area contributed by atoms with E-state index in [-0.39, 0.29) is 11.4 Å². The lowest BCUT2D eigenvalue weighted by atomic mass is 10.00. The zero-order valence-electron chi connectivity index (χ0n) is 11.5. The Morgan fingerprint density at radius 3 is 2.74 bits per heavy atom. The maximum absolute atomic E-state index is 11.5. The molecule has 2 rings (SSSR count). The molecule has 1 aliphatic heterocycles. The van der Waals surface area contributed by atoms with Crippen molar-refractivity contribution < 1.29 is 9.53 Å². The number of carbonyl (C=O) groups excluding carboxylic acids is 1. The molecule has 1 saturated heterocycles. The molecule has 5 nitrogen and oxygen atoms in total. The van der Waals surface area contributed by atoms with Crippen LogP contribution in [0.1, 0.15) is 26.7 Å². The van der Waals surface area contributed by atoms with Gasteiger partial charge in [-0.2, -0.15) is 0 Å². The average Bonchev–Trinajstić information content (AvgIpc) is 2.31. The van der Waals surface area contributed by atoms with Crippen LogP contribution < -0.4 is 16.4 Å². The Hall–Kier alpha value is -1.75. The van der Waals surface area contributed by atoms with Crippen LogP contribution in [0.4, 0.5) is 17.1 Å². The van der Waals surface area contributed by atoms with Crippen LogP contribution in [0.25, 0.3) is 0 Å². The second kappa shape index (κ2) is 5.48. The molecule has 1 heterocycles. The second-order valence-electron chi connectivity index (χ2n) is 5.28. The summed E-state index contributed by atoms with van der Waals surface area (Å²) in [6.07, 6.45) is 1.36. The van der Waals surface area contributed by atoms with Gasteiger partial charge in [-0.25, -0.2) is 0 Å². The van der Waals surface area contributed by atoms with Crippen molar-refractivity contribution in [3.8, 4) is 0 Å². The minimum atomic E-state index is -0.0406. The SMILES string of the molecule is CCCC(=O)Nc1ccc(NC2(C)COC2)c(N)c1. The molecule has 0 spiro atoms. The fourth-order valence-corrected chi connectivity index (χ4v) is 2.01. The fraction of sp³-hybridized carbons (Fsp3) is 0.500. The average molecular weight is 263 g/mol. The molecule has 0 atom stereocenters. The van der Waals surface area contributed by atoms with Crippen molar-refractivity contribution in [3.05, 3.63) is 18.2 Å². The van der Waals surface area contributed by atoms with Gasteiger partial charge in [0.1, 0.15) is 0 Å². The van der Waals surface area contributed by atoms with Gasteiger partial charge in [-0.1, -0.05) is 6.92 Å². The van der Waals surface area contributed by atoms with Crippen LogP contribution in [-0.2, 0) is 9.53 Å². The molecule has 0 aliphatic carbocycles. The van der Waals surface area contributed by atoms with E-state index in [4.69, 9.17) is 10.5 Å². The summed E-state index contributed by atoms with van der Waals surface area (Å²) in [5, 5.41) is 6.20. The van der Waals surface area contributed by atoms with Gasteiger partial charge in [0.15, 0.2) is 0 Å². The predicted molar refractivity (Wildman–Crippen MR) is 77.2 cm³/mol. The lowest BCUT2D eigenvalue weighted by Crippen LogP contribution is -2.53. The van der Waals surface area contributed by atoms with Gasteiger partial charge >= 0.3 is 0 Å². The zero-order valence-corrected chi connectivity index (χ0v) is 11.5. The smallest absolute Gasteiger partial charge is 0.224 e. The van der Waals surface area contributed by atoms with Crippen molar-refractivity contribution in [1.29, 1.82) is 0 Å². The molecule has 0 saturated carbocycles. The third kappa shape index (κ3) is 3.38. The Labute approximate surface area is 113 Å². The number of nitrogens with two attached hydrogens (primary N) is 1. The first-order valence-corrected chi connectivity index (χ1v) is 6.58. The summed E-state index contributed by atoms with van der Waals surface area (Å²) in [6, 6.07) is 5.52. The lowest BCUT2D eigenvalue weighted by Gasteiger charge is -2.39. The van der Waals surface area contributed by atoms with E-state index in [9.17, 15) is 4.79 Å². The van der Waals surface area contributed by atoms with Gasteiger partial charge < -0.3 is 21.1 Å². The van der Waals surface area contributed by atoms with Crippen molar-refractivity contribution >= 4 is 23.0 Å². The van der Waals surface area contributed by atoms with Crippen molar-refractivity contribution in [1.82, 2.24) is 0 Å². The van der Waals surface area contributed by atoms with Gasteiger partial charge in [-0.3, -0.25) is 4.79 Å². The summed E-state index contributed by atoms with van der Waals surface area (Å²) in [6.45, 7) is 5.43. The second-order valence-corrected chi connectivity index (χ2v) is 5.28. The minimum Gasteiger partial charge on any atom is -0.397 e. The molecule has 1 aromatic carbocycles. The summed E-state index contributed by atoms with van der Waals surface area (Å²) in [7, 11) is 0. The molecule has 4 N–H and O–H groups in total. The number of benzene rings is 1. The van der Waals surface area contributed by atoms with Crippen LogP contribution in [0.15, 0.2) is 18.2 Å². The molecule has 0 aromatic heterocycles. The maximum atomic E-state index is 11.5. The Morgan fingerprint density at radius 1 is 1.47 bits per heavy atom.